The maximum atomic E-state index is 10.1. The van der Waals surface area contributed by atoms with Crippen molar-refractivity contribution in [1.29, 1.82) is 5.26 Å². The minimum absolute atomic E-state index is 0.304. The smallest absolute Gasteiger partial charge is 0.213 e. The van der Waals surface area contributed by atoms with Crippen LogP contribution in [0.5, 0.6) is 0 Å². The number of hydrogen-bond donors (Lipinski definition) is 1. The van der Waals surface area contributed by atoms with E-state index < -0.39 is 5.54 Å². The van der Waals surface area contributed by atoms with Crippen LogP contribution >= 0.6 is 11.8 Å². The fraction of sp³-hybridized carbons (Fsp3) is 0.562. The first-order valence-corrected chi connectivity index (χ1v) is 8.53. The quantitative estimate of drug-likeness (QED) is 0.889. The normalized spacial score (nSPS) is 20.9. The van der Waals surface area contributed by atoms with E-state index in [0.717, 1.165) is 37.6 Å². The van der Waals surface area contributed by atoms with Gasteiger partial charge in [0, 0.05) is 17.2 Å². The van der Waals surface area contributed by atoms with Crippen LogP contribution < -0.4 is 4.90 Å². The summed E-state index contributed by atoms with van der Waals surface area (Å²) in [6, 6.07) is 13.0. The van der Waals surface area contributed by atoms with Crippen LogP contribution in [-0.2, 0) is 10.3 Å². The third-order valence-electron chi connectivity index (χ3n) is 4.22. The number of nitrogens with one attached hydrogen (secondary N) is 1. The third-order valence-corrected chi connectivity index (χ3v) is 5.05. The van der Waals surface area contributed by atoms with Gasteiger partial charge in [0.2, 0.25) is 5.54 Å². The second-order valence-corrected chi connectivity index (χ2v) is 6.27. The van der Waals surface area contributed by atoms with Gasteiger partial charge in [0.05, 0.1) is 13.2 Å². The molecule has 0 saturated carbocycles. The fourth-order valence-electron chi connectivity index (χ4n) is 3.18. The van der Waals surface area contributed by atoms with Crippen LogP contribution in [0, 0.1) is 17.2 Å². The van der Waals surface area contributed by atoms with Crippen LogP contribution in [0.3, 0.4) is 0 Å². The molecule has 4 heteroatoms. The average Bonchev–Trinajstić information content (AvgIpc) is 2.51. The van der Waals surface area contributed by atoms with Crippen molar-refractivity contribution >= 4 is 11.8 Å². The van der Waals surface area contributed by atoms with Crippen LogP contribution in [0.25, 0.3) is 0 Å². The predicted octanol–water partition coefficient (Wildman–Crippen LogP) is 1.32. The summed E-state index contributed by atoms with van der Waals surface area (Å²) in [5, 5.41) is 10.1. The minimum atomic E-state index is -0.464. The summed E-state index contributed by atoms with van der Waals surface area (Å²) in [5.74, 6) is 1.30. The highest BCUT2D eigenvalue weighted by Crippen LogP contribution is 2.28. The van der Waals surface area contributed by atoms with E-state index in [2.05, 4.69) is 31.4 Å². The summed E-state index contributed by atoms with van der Waals surface area (Å²) in [5.41, 5.74) is 0.676. The lowest BCUT2D eigenvalue weighted by Gasteiger charge is -2.41. The van der Waals surface area contributed by atoms with Crippen molar-refractivity contribution in [3.05, 3.63) is 35.9 Å². The molecule has 1 aliphatic rings. The van der Waals surface area contributed by atoms with E-state index in [4.69, 9.17) is 4.74 Å². The molecule has 0 aliphatic carbocycles. The Bertz CT molecular complexity index is 453. The molecule has 1 fully saturated rings. The molecule has 0 aromatic heterocycles. The van der Waals surface area contributed by atoms with Crippen LogP contribution in [0.15, 0.2) is 30.3 Å². The van der Waals surface area contributed by atoms with Gasteiger partial charge in [-0.3, -0.25) is 0 Å². The molecule has 20 heavy (non-hydrogen) atoms. The lowest BCUT2D eigenvalue weighted by molar-refractivity contribution is -0.962. The van der Waals surface area contributed by atoms with E-state index in [-0.39, 0.29) is 0 Å². The van der Waals surface area contributed by atoms with Crippen LogP contribution in [-0.4, -0.2) is 38.3 Å². The predicted molar refractivity (Wildman–Crippen MR) is 82.8 cm³/mol. The molecule has 2 rings (SSSR count). The molecule has 1 N–H and O–H groups in total. The van der Waals surface area contributed by atoms with E-state index in [1.54, 1.807) is 0 Å². The molecular formula is C16H23N2OS+. The van der Waals surface area contributed by atoms with Gasteiger partial charge in [0.25, 0.3) is 0 Å². The number of hydrogen-bond acceptors (Lipinski definition) is 3. The fourth-order valence-corrected chi connectivity index (χ4v) is 3.93. The Kier molecular flexibility index (Phi) is 5.47. The Balaban J connectivity index is 2.43. The Hall–Kier alpha value is -1.02. The van der Waals surface area contributed by atoms with Crippen LogP contribution in [0.1, 0.15) is 12.5 Å². The standard InChI is InChI=1S/C16H22N2OS/c1-14(12-20-2)16(13-17,15-6-4-3-5-7-15)18-8-10-19-11-9-18/h3-7,14H,8-12H2,1-2H3/p+1/t14-,16+/m1/s1. The van der Waals surface area contributed by atoms with Gasteiger partial charge in [-0.2, -0.15) is 17.0 Å². The van der Waals surface area contributed by atoms with Crippen molar-refractivity contribution in [3.63, 3.8) is 0 Å². The zero-order valence-corrected chi connectivity index (χ0v) is 13.1. The zero-order chi connectivity index (χ0) is 14.4. The Morgan fingerprint density at radius 3 is 2.55 bits per heavy atom. The molecular weight excluding hydrogens is 268 g/mol. The molecule has 3 nitrogen and oxygen atoms in total. The summed E-state index contributed by atoms with van der Waals surface area (Å²) in [6.07, 6.45) is 2.11. The van der Waals surface area contributed by atoms with Gasteiger partial charge in [0.15, 0.2) is 0 Å². The first-order valence-electron chi connectivity index (χ1n) is 7.14. The number of thioether (sulfide) groups is 1. The summed E-state index contributed by atoms with van der Waals surface area (Å²) in [7, 11) is 0. The van der Waals surface area contributed by atoms with Gasteiger partial charge < -0.3 is 9.64 Å². The number of nitriles is 1. The number of quaternary nitrogens is 1. The molecule has 1 aliphatic heterocycles. The minimum Gasteiger partial charge on any atom is -0.370 e. The third kappa shape index (κ3) is 2.85. The number of rotatable bonds is 5. The lowest BCUT2D eigenvalue weighted by atomic mass is 9.79. The molecule has 1 saturated heterocycles. The van der Waals surface area contributed by atoms with Gasteiger partial charge in [-0.15, -0.1) is 0 Å². The highest BCUT2D eigenvalue weighted by molar-refractivity contribution is 7.98. The van der Waals surface area contributed by atoms with Gasteiger partial charge in [-0.1, -0.05) is 37.3 Å². The summed E-state index contributed by atoms with van der Waals surface area (Å²) in [6.45, 7) is 5.51. The van der Waals surface area contributed by atoms with Gasteiger partial charge in [-0.25, -0.2) is 0 Å². The van der Waals surface area contributed by atoms with E-state index in [0.29, 0.717) is 5.92 Å². The topological polar surface area (TPSA) is 37.5 Å². The molecule has 1 heterocycles. The Morgan fingerprint density at radius 1 is 1.35 bits per heavy atom. The lowest BCUT2D eigenvalue weighted by Crippen LogP contribution is -3.21. The summed E-state index contributed by atoms with van der Waals surface area (Å²) < 4.78 is 5.48. The molecule has 1 aromatic carbocycles. The number of morpholine rings is 1. The van der Waals surface area contributed by atoms with E-state index >= 15 is 0 Å². The first-order chi connectivity index (χ1) is 9.75. The molecule has 0 bridgehead atoms. The second kappa shape index (κ2) is 7.12. The molecule has 2 atom stereocenters. The highest BCUT2D eigenvalue weighted by atomic mass is 32.2. The van der Waals surface area contributed by atoms with Gasteiger partial charge in [0.1, 0.15) is 19.2 Å². The number of benzene rings is 1. The largest absolute Gasteiger partial charge is 0.370 e. The summed E-state index contributed by atoms with van der Waals surface area (Å²) in [4.78, 5) is 1.35. The first kappa shape index (κ1) is 15.4. The van der Waals surface area contributed by atoms with Crippen molar-refractivity contribution in [2.24, 2.45) is 5.92 Å². The monoisotopic (exact) mass is 291 g/mol. The molecule has 108 valence electrons. The van der Waals surface area contributed by atoms with Crippen molar-refractivity contribution in [2.75, 3.05) is 38.3 Å². The molecule has 0 spiro atoms. The van der Waals surface area contributed by atoms with Crippen molar-refractivity contribution < 1.29 is 9.64 Å². The average molecular weight is 291 g/mol. The molecule has 0 amide bonds. The van der Waals surface area contributed by atoms with E-state index in [9.17, 15) is 5.26 Å². The highest BCUT2D eigenvalue weighted by Gasteiger charge is 2.48. The number of nitrogens with zero attached hydrogens (tertiary/aromatic N) is 1. The van der Waals surface area contributed by atoms with Crippen molar-refractivity contribution in [3.8, 4) is 6.07 Å². The Labute approximate surface area is 125 Å². The van der Waals surface area contributed by atoms with Crippen molar-refractivity contribution in [1.82, 2.24) is 0 Å². The Morgan fingerprint density at radius 2 is 2.00 bits per heavy atom. The SMILES string of the molecule is CSC[C@@H](C)[C@@](C#N)(c1ccccc1)[NH+]1CCOCC1. The number of ether oxygens (including phenoxy) is 1. The van der Waals surface area contributed by atoms with E-state index in [1.165, 1.54) is 4.90 Å². The molecule has 0 radical (unpaired) electrons. The van der Waals surface area contributed by atoms with Gasteiger partial charge in [-0.05, 0) is 6.26 Å². The van der Waals surface area contributed by atoms with Crippen LogP contribution in [0.4, 0.5) is 0 Å². The maximum Gasteiger partial charge on any atom is 0.213 e. The second-order valence-electron chi connectivity index (χ2n) is 5.36. The van der Waals surface area contributed by atoms with E-state index in [1.807, 2.05) is 30.0 Å². The van der Waals surface area contributed by atoms with Crippen LogP contribution in [0.2, 0.25) is 0 Å². The zero-order valence-electron chi connectivity index (χ0n) is 12.3. The van der Waals surface area contributed by atoms with Crippen molar-refractivity contribution in [2.45, 2.75) is 12.5 Å². The molecule has 0 unspecified atom stereocenters. The maximum absolute atomic E-state index is 10.1. The van der Waals surface area contributed by atoms with Gasteiger partial charge >= 0.3 is 0 Å². The summed E-state index contributed by atoms with van der Waals surface area (Å²) >= 11 is 1.81. The molecule has 1 aromatic rings.